The van der Waals surface area contributed by atoms with Crippen molar-refractivity contribution >= 4 is 87.1 Å². The number of nitrogens with zero attached hydrogens (tertiary/aromatic N) is 10. The predicted octanol–water partition coefficient (Wildman–Crippen LogP) is 10.4. The van der Waals surface area contributed by atoms with Crippen LogP contribution in [0.1, 0.15) is 129 Å². The van der Waals surface area contributed by atoms with Crippen molar-refractivity contribution in [1.82, 2.24) is 59.5 Å². The quantitative estimate of drug-likeness (QED) is 0.0858. The summed E-state index contributed by atoms with van der Waals surface area (Å²) < 4.78 is 85.6. The summed E-state index contributed by atoms with van der Waals surface area (Å²) in [6, 6.07) is 27.3. The summed E-state index contributed by atoms with van der Waals surface area (Å²) in [5.41, 5.74) is 13.9. The average Bonchev–Trinajstić information content (AvgIpc) is 1.73. The molecular formula is C74H87N13O13S3. The number of rotatable bonds is 15. The number of aromatic amines is 2. The highest BCUT2D eigenvalue weighted by molar-refractivity contribution is 7.92. The topological polar surface area (TPSA) is 354 Å². The molecule has 9 aromatic rings. The zero-order valence-electron chi connectivity index (χ0n) is 58.8. The maximum atomic E-state index is 13.5. The van der Waals surface area contributed by atoms with Crippen molar-refractivity contribution in [2.45, 2.75) is 143 Å². The molecule has 5 amide bonds. The Labute approximate surface area is 601 Å². The number of nitrogens with two attached hydrogens (primary N) is 1. The second-order valence-electron chi connectivity index (χ2n) is 27.3. The molecule has 7 heterocycles. The largest absolute Gasteiger partial charge is 0.491 e. The molecule has 1 saturated heterocycles. The summed E-state index contributed by atoms with van der Waals surface area (Å²) in [6.45, 7) is 18.1. The molecule has 0 unspecified atom stereocenters. The van der Waals surface area contributed by atoms with Crippen molar-refractivity contribution in [3.8, 4) is 39.5 Å². The number of aromatic nitrogens is 8. The fraction of sp³-hybridized carbons (Fsp3) is 0.365. The van der Waals surface area contributed by atoms with E-state index in [1.165, 1.54) is 4.90 Å². The van der Waals surface area contributed by atoms with Gasteiger partial charge in [-0.15, -0.1) is 0 Å². The van der Waals surface area contributed by atoms with Gasteiger partial charge in [-0.1, -0.05) is 73.5 Å². The van der Waals surface area contributed by atoms with Gasteiger partial charge in [-0.05, 0) is 118 Å². The second kappa shape index (κ2) is 30.4. The van der Waals surface area contributed by atoms with Crippen molar-refractivity contribution in [3.63, 3.8) is 0 Å². The number of hydrogen-bond acceptors (Lipinski definition) is 19. The Morgan fingerprint density at radius 3 is 1.56 bits per heavy atom. The minimum absolute atomic E-state index is 0. The predicted molar refractivity (Wildman–Crippen MR) is 393 cm³/mol. The van der Waals surface area contributed by atoms with Gasteiger partial charge in [0.15, 0.2) is 40.8 Å². The van der Waals surface area contributed by atoms with Crippen LogP contribution in [0, 0.1) is 0 Å². The van der Waals surface area contributed by atoms with Gasteiger partial charge >= 0.3 is 6.09 Å². The third-order valence-corrected chi connectivity index (χ3v) is 24.7. The van der Waals surface area contributed by atoms with Crippen LogP contribution < -0.4 is 10.5 Å². The van der Waals surface area contributed by atoms with Gasteiger partial charge in [0.2, 0.25) is 5.91 Å². The number of carbonyl (C=O) groups excluding carboxylic acids is 5. The first kappa shape index (κ1) is 73.9. The van der Waals surface area contributed by atoms with Crippen molar-refractivity contribution in [3.05, 3.63) is 162 Å². The molecular weight excluding hydrogens is 1380 g/mol. The van der Waals surface area contributed by atoms with E-state index >= 15 is 0 Å². The van der Waals surface area contributed by atoms with Crippen LogP contribution in [0.15, 0.2) is 149 Å². The molecule has 4 N–H and O–H groups in total. The molecule has 5 aromatic heterocycles. The minimum Gasteiger partial charge on any atom is -0.491 e. The SMILES string of the molecule is CC(C)S(=O)(=O)c1ccc(-c2cnc3[nH]cc(C(=O)N(CC(N)=O)C4CCCC4)c3n2)cc1.CC(C)S(=O)(=O)c1ccc(-c2cnc3[nH]cc(C(=O)N4CCN(C(=O)OC(C)(C)C)CC4)c3n2)cc1.CC(C)S(=O)(=O)c1ccc(-c2cnc3c(n2)C(C(=O)N2CCOc4ccccc4C2)=CC3)cc1.[HH].[HH]. The highest BCUT2D eigenvalue weighted by atomic mass is 32.2. The fourth-order valence-corrected chi connectivity index (χ4v) is 15.4. The van der Waals surface area contributed by atoms with Crippen molar-refractivity contribution in [2.75, 3.05) is 45.9 Å². The highest BCUT2D eigenvalue weighted by Crippen LogP contribution is 2.34. The van der Waals surface area contributed by atoms with Gasteiger partial charge in [0.1, 0.15) is 29.0 Å². The Morgan fingerprint density at radius 2 is 1.07 bits per heavy atom. The summed E-state index contributed by atoms with van der Waals surface area (Å²) in [5, 5.41) is -1.52. The van der Waals surface area contributed by atoms with E-state index in [0.717, 1.165) is 48.3 Å². The molecule has 26 nitrogen and oxygen atoms in total. The summed E-state index contributed by atoms with van der Waals surface area (Å²) in [4.78, 5) is 105. The third kappa shape index (κ3) is 16.3. The van der Waals surface area contributed by atoms with Crippen LogP contribution in [0.25, 0.3) is 61.7 Å². The van der Waals surface area contributed by atoms with Crippen LogP contribution in [0.4, 0.5) is 4.79 Å². The van der Waals surface area contributed by atoms with Crippen molar-refractivity contribution in [1.29, 1.82) is 0 Å². The van der Waals surface area contributed by atoms with Gasteiger partial charge in [0.05, 0.1) is 107 Å². The van der Waals surface area contributed by atoms with Crippen LogP contribution in [0.3, 0.4) is 0 Å². The zero-order valence-corrected chi connectivity index (χ0v) is 61.2. The Morgan fingerprint density at radius 1 is 0.602 bits per heavy atom. The van der Waals surface area contributed by atoms with Gasteiger partial charge in [-0.2, -0.15) is 0 Å². The fourth-order valence-electron chi connectivity index (χ4n) is 12.2. The number of nitrogens with one attached hydrogen (secondary N) is 2. The Hall–Kier alpha value is -10.3. The molecule has 1 saturated carbocycles. The molecule has 103 heavy (non-hydrogen) atoms. The Bertz CT molecular complexity index is 5090. The number of carbonyl (C=O) groups is 5. The molecule has 4 aromatic carbocycles. The van der Waals surface area contributed by atoms with Crippen LogP contribution in [0.2, 0.25) is 0 Å². The molecule has 0 radical (unpaired) electrons. The molecule has 2 aliphatic carbocycles. The number of sulfone groups is 3. The van der Waals surface area contributed by atoms with Gasteiger partial charge in [-0.25, -0.2) is 55.0 Å². The summed E-state index contributed by atoms with van der Waals surface area (Å²) in [7, 11) is -10.1. The number of benzene rings is 4. The monoisotopic (exact) mass is 1460 g/mol. The van der Waals surface area contributed by atoms with E-state index in [9.17, 15) is 49.2 Å². The lowest BCUT2D eigenvalue weighted by Crippen LogP contribution is -2.51. The molecule has 0 spiro atoms. The van der Waals surface area contributed by atoms with Gasteiger partial charge in [0.25, 0.3) is 17.7 Å². The van der Waals surface area contributed by atoms with E-state index in [1.807, 2.05) is 51.1 Å². The summed E-state index contributed by atoms with van der Waals surface area (Å²) >= 11 is 0. The molecule has 2 aliphatic heterocycles. The van der Waals surface area contributed by atoms with E-state index in [0.29, 0.717) is 125 Å². The molecule has 4 aliphatic rings. The third-order valence-electron chi connectivity index (χ3n) is 18.2. The van der Waals surface area contributed by atoms with E-state index in [4.69, 9.17) is 20.2 Å². The summed E-state index contributed by atoms with van der Waals surface area (Å²) in [6.07, 6.45) is 13.7. The number of para-hydroxylation sites is 1. The Balaban J connectivity index is 0.000000181. The standard InChI is InChI=1S/C26H25N3O4S.C25H31N5O5S.C23H27N5O4S.2H2/c1-17(2)34(31,32)20-9-7-18(8-10-20)23-15-27-22-12-11-21(25(22)28-23)26(30)29-13-14-33-24-6-4-3-5-19(24)16-29;1-16(2)36(33,34)18-8-6-17(7-9-18)20-15-27-22-21(28-20)19(14-26-22)23(31)29-10-12-30(13-11-29)24(32)35-25(3,4)5;1-14(2)33(31,32)17-9-7-15(8-10-17)19-12-26-22-21(27-19)18(11-25-22)23(30)28(13-20(24)29)16-5-3-4-6-16;;/h3-11,15,17H,12-14,16H2,1-2H3;6-9,14-16H,10-13H2,1-5H3,(H,26,27);7-12,14,16H,3-6,13H2,1-2H3,(H2,24,29)(H,25,26);2*1H. The number of allylic oxidation sites excluding steroid dienone is 1. The van der Waals surface area contributed by atoms with Crippen LogP contribution >= 0.6 is 0 Å². The lowest BCUT2D eigenvalue weighted by atomic mass is 10.1. The lowest BCUT2D eigenvalue weighted by molar-refractivity contribution is -0.125. The first-order valence-electron chi connectivity index (χ1n) is 34.0. The first-order chi connectivity index (χ1) is 48.9. The van der Waals surface area contributed by atoms with E-state index in [2.05, 4.69) is 34.9 Å². The lowest BCUT2D eigenvalue weighted by Gasteiger charge is -2.35. The van der Waals surface area contributed by atoms with E-state index < -0.39 is 56.8 Å². The number of amides is 5. The molecule has 2 fully saturated rings. The number of primary amides is 1. The molecule has 13 rings (SSSR count). The molecule has 29 heteroatoms. The smallest absolute Gasteiger partial charge is 0.410 e. The first-order valence-corrected chi connectivity index (χ1v) is 38.7. The van der Waals surface area contributed by atoms with E-state index in [1.54, 1.807) is 160 Å². The number of H-pyrrole nitrogens is 2. The zero-order chi connectivity index (χ0) is 73.9. The van der Waals surface area contributed by atoms with Crippen molar-refractivity contribution < 1.29 is 61.6 Å². The maximum Gasteiger partial charge on any atom is 0.410 e. The highest BCUT2D eigenvalue weighted by Gasteiger charge is 2.34. The summed E-state index contributed by atoms with van der Waals surface area (Å²) in [5.74, 6) is -0.350. The van der Waals surface area contributed by atoms with Crippen molar-refractivity contribution in [2.24, 2.45) is 5.73 Å². The van der Waals surface area contributed by atoms with Gasteiger partial charge in [-0.3, -0.25) is 24.2 Å². The van der Waals surface area contributed by atoms with E-state index in [-0.39, 0.29) is 53.9 Å². The number of piperazine rings is 1. The van der Waals surface area contributed by atoms with Crippen LogP contribution in [0.5, 0.6) is 5.75 Å². The van der Waals surface area contributed by atoms with Crippen LogP contribution in [-0.4, -0.2) is 188 Å². The molecule has 0 atom stereocenters. The maximum absolute atomic E-state index is 13.5. The number of ether oxygens (including phenoxy) is 2. The molecule has 0 bridgehead atoms. The number of fused-ring (bicyclic) bond motifs is 4. The minimum atomic E-state index is -3.38. The normalized spacial score (nSPS) is 15.0. The average molecular weight is 1460 g/mol. The second-order valence-corrected chi connectivity index (χ2v) is 34.8. The van der Waals surface area contributed by atoms with Gasteiger partial charge < -0.3 is 44.8 Å². The number of hydrogen-bond donors (Lipinski definition) is 3. The Kier molecular flexibility index (Phi) is 21.8. The van der Waals surface area contributed by atoms with Crippen LogP contribution in [-0.2, 0) is 56.8 Å². The molecule has 544 valence electrons. The van der Waals surface area contributed by atoms with Gasteiger partial charge in [0, 0.05) is 82.7 Å².